The van der Waals surface area contributed by atoms with Crippen LogP contribution in [0.4, 0.5) is 10.5 Å². The largest absolute Gasteiger partial charge is 0.497 e. The zero-order chi connectivity index (χ0) is 19.8. The van der Waals surface area contributed by atoms with Crippen molar-refractivity contribution in [1.82, 2.24) is 15.5 Å². The third-order valence-corrected chi connectivity index (χ3v) is 3.71. The molecule has 0 spiro atoms. The summed E-state index contributed by atoms with van der Waals surface area (Å²) in [6.07, 6.45) is 1.57. The van der Waals surface area contributed by atoms with Crippen LogP contribution in [0.2, 0.25) is 0 Å². The number of furan rings is 1. The number of ether oxygens (including phenoxy) is 3. The third-order valence-electron chi connectivity index (χ3n) is 3.71. The minimum Gasteiger partial charge on any atom is -0.497 e. The van der Waals surface area contributed by atoms with Gasteiger partial charge >= 0.3 is 6.03 Å². The summed E-state index contributed by atoms with van der Waals surface area (Å²) < 4.78 is 21.1. The van der Waals surface area contributed by atoms with E-state index in [-0.39, 0.29) is 13.2 Å². The molecule has 0 aliphatic rings. The van der Waals surface area contributed by atoms with Crippen LogP contribution in [0.25, 0.3) is 11.5 Å². The normalized spacial score (nSPS) is 10.2. The fourth-order valence-corrected chi connectivity index (χ4v) is 2.35. The van der Waals surface area contributed by atoms with E-state index in [4.69, 9.17) is 18.6 Å². The molecule has 2 amide bonds. The SMILES string of the molecule is COc1ccc(OC)c(NC(=O)NCCOc2ccc(-c3ccco3)nn2)c1. The summed E-state index contributed by atoms with van der Waals surface area (Å²) in [7, 11) is 3.07. The Labute approximate surface area is 161 Å². The Balaban J connectivity index is 1.44. The highest BCUT2D eigenvalue weighted by atomic mass is 16.5. The Hall–Kier alpha value is -3.75. The predicted molar refractivity (Wildman–Crippen MR) is 102 cm³/mol. The number of aromatic nitrogens is 2. The lowest BCUT2D eigenvalue weighted by Gasteiger charge is -2.12. The van der Waals surface area contributed by atoms with Crippen molar-refractivity contribution in [2.75, 3.05) is 32.7 Å². The fourth-order valence-electron chi connectivity index (χ4n) is 2.35. The minimum absolute atomic E-state index is 0.234. The summed E-state index contributed by atoms with van der Waals surface area (Å²) in [5, 5.41) is 13.4. The Bertz CT molecular complexity index is 897. The summed E-state index contributed by atoms with van der Waals surface area (Å²) in [5.74, 6) is 2.12. The van der Waals surface area contributed by atoms with Crippen molar-refractivity contribution < 1.29 is 23.4 Å². The zero-order valence-corrected chi connectivity index (χ0v) is 15.5. The summed E-state index contributed by atoms with van der Waals surface area (Å²) in [6.45, 7) is 0.511. The molecule has 9 heteroatoms. The summed E-state index contributed by atoms with van der Waals surface area (Å²) in [5.41, 5.74) is 1.11. The van der Waals surface area contributed by atoms with E-state index >= 15 is 0 Å². The fraction of sp³-hybridized carbons (Fsp3) is 0.211. The number of hydrogen-bond acceptors (Lipinski definition) is 7. The number of carbonyl (C=O) groups is 1. The highest BCUT2D eigenvalue weighted by molar-refractivity contribution is 5.91. The van der Waals surface area contributed by atoms with Crippen LogP contribution in [-0.2, 0) is 0 Å². The molecule has 146 valence electrons. The Morgan fingerprint density at radius 3 is 2.68 bits per heavy atom. The van der Waals surface area contributed by atoms with Crippen LogP contribution in [0.5, 0.6) is 17.4 Å². The summed E-state index contributed by atoms with van der Waals surface area (Å²) >= 11 is 0. The molecule has 0 radical (unpaired) electrons. The van der Waals surface area contributed by atoms with Crippen molar-refractivity contribution in [2.24, 2.45) is 0 Å². The predicted octanol–water partition coefficient (Wildman–Crippen LogP) is 2.95. The number of hydrogen-bond donors (Lipinski definition) is 2. The van der Waals surface area contributed by atoms with Crippen molar-refractivity contribution in [1.29, 1.82) is 0 Å². The van der Waals surface area contributed by atoms with E-state index in [2.05, 4.69) is 20.8 Å². The van der Waals surface area contributed by atoms with Crippen LogP contribution in [0.1, 0.15) is 0 Å². The van der Waals surface area contributed by atoms with Gasteiger partial charge in [0.1, 0.15) is 23.8 Å². The van der Waals surface area contributed by atoms with Crippen molar-refractivity contribution in [3.8, 4) is 28.8 Å². The Morgan fingerprint density at radius 1 is 1.11 bits per heavy atom. The van der Waals surface area contributed by atoms with E-state index in [0.717, 1.165) is 0 Å². The number of anilines is 1. The van der Waals surface area contributed by atoms with Gasteiger partial charge in [0.2, 0.25) is 5.88 Å². The highest BCUT2D eigenvalue weighted by Gasteiger charge is 2.09. The molecule has 28 heavy (non-hydrogen) atoms. The molecule has 0 aliphatic heterocycles. The molecular formula is C19H20N4O5. The van der Waals surface area contributed by atoms with Crippen LogP contribution in [-0.4, -0.2) is 43.6 Å². The first-order chi connectivity index (χ1) is 13.7. The van der Waals surface area contributed by atoms with Gasteiger partial charge in [-0.1, -0.05) is 0 Å². The Morgan fingerprint density at radius 2 is 2.00 bits per heavy atom. The average Bonchev–Trinajstić information content (AvgIpc) is 3.26. The number of carbonyl (C=O) groups excluding carboxylic acids is 1. The zero-order valence-electron chi connectivity index (χ0n) is 15.5. The number of methoxy groups -OCH3 is 2. The number of amides is 2. The van der Waals surface area contributed by atoms with E-state index in [1.165, 1.54) is 7.11 Å². The van der Waals surface area contributed by atoms with E-state index < -0.39 is 6.03 Å². The van der Waals surface area contributed by atoms with Crippen molar-refractivity contribution in [3.63, 3.8) is 0 Å². The lowest BCUT2D eigenvalue weighted by atomic mass is 10.2. The molecule has 1 aromatic carbocycles. The van der Waals surface area contributed by atoms with Gasteiger partial charge in [-0.3, -0.25) is 0 Å². The first-order valence-corrected chi connectivity index (χ1v) is 8.47. The van der Waals surface area contributed by atoms with Gasteiger partial charge in [0.25, 0.3) is 0 Å². The molecule has 3 rings (SSSR count). The van der Waals surface area contributed by atoms with Crippen LogP contribution >= 0.6 is 0 Å². The molecule has 0 saturated carbocycles. The van der Waals surface area contributed by atoms with Gasteiger partial charge in [-0.05, 0) is 30.3 Å². The van der Waals surface area contributed by atoms with E-state index in [1.54, 1.807) is 55.8 Å². The maximum absolute atomic E-state index is 12.1. The van der Waals surface area contributed by atoms with Crippen LogP contribution in [0, 0.1) is 0 Å². The number of rotatable bonds is 8. The van der Waals surface area contributed by atoms with Crippen LogP contribution < -0.4 is 24.8 Å². The molecule has 2 aromatic heterocycles. The lowest BCUT2D eigenvalue weighted by Crippen LogP contribution is -2.32. The number of urea groups is 1. The van der Waals surface area contributed by atoms with Gasteiger partial charge in [0, 0.05) is 12.1 Å². The van der Waals surface area contributed by atoms with E-state index in [1.807, 2.05) is 0 Å². The third kappa shape index (κ3) is 4.91. The Kier molecular flexibility index (Phi) is 6.29. The molecular weight excluding hydrogens is 364 g/mol. The lowest BCUT2D eigenvalue weighted by molar-refractivity contribution is 0.246. The van der Waals surface area contributed by atoms with Crippen molar-refractivity contribution in [3.05, 3.63) is 48.7 Å². The van der Waals surface area contributed by atoms with Gasteiger partial charge in [-0.2, -0.15) is 0 Å². The standard InChI is InChI=1S/C19H20N4O5/c1-25-13-5-7-16(26-2)15(12-13)21-19(24)20-9-11-28-18-8-6-14(22-23-18)17-4-3-10-27-17/h3-8,10,12H,9,11H2,1-2H3,(H2,20,21,24). The van der Waals surface area contributed by atoms with Gasteiger partial charge in [-0.25, -0.2) is 4.79 Å². The van der Waals surface area contributed by atoms with E-state index in [0.29, 0.717) is 34.5 Å². The number of benzene rings is 1. The minimum atomic E-state index is -0.394. The molecule has 0 aliphatic carbocycles. The smallest absolute Gasteiger partial charge is 0.319 e. The molecule has 2 N–H and O–H groups in total. The second kappa shape index (κ2) is 9.26. The molecule has 9 nitrogen and oxygen atoms in total. The maximum Gasteiger partial charge on any atom is 0.319 e. The van der Waals surface area contributed by atoms with E-state index in [9.17, 15) is 4.79 Å². The van der Waals surface area contributed by atoms with Gasteiger partial charge in [0.05, 0.1) is 32.7 Å². The van der Waals surface area contributed by atoms with Gasteiger partial charge in [-0.15, -0.1) is 10.2 Å². The van der Waals surface area contributed by atoms with Gasteiger partial charge < -0.3 is 29.3 Å². The first-order valence-electron chi connectivity index (χ1n) is 8.47. The highest BCUT2D eigenvalue weighted by Crippen LogP contribution is 2.28. The summed E-state index contributed by atoms with van der Waals surface area (Å²) in [6, 6.07) is 11.7. The second-order valence-corrected chi connectivity index (χ2v) is 5.53. The summed E-state index contributed by atoms with van der Waals surface area (Å²) in [4.78, 5) is 12.1. The average molecular weight is 384 g/mol. The molecule has 0 atom stereocenters. The monoisotopic (exact) mass is 384 g/mol. The van der Waals surface area contributed by atoms with Crippen LogP contribution in [0.15, 0.2) is 53.1 Å². The molecule has 0 bridgehead atoms. The van der Waals surface area contributed by atoms with Crippen molar-refractivity contribution >= 4 is 11.7 Å². The van der Waals surface area contributed by atoms with Crippen molar-refractivity contribution in [2.45, 2.75) is 0 Å². The topological polar surface area (TPSA) is 108 Å². The number of nitrogens with one attached hydrogen (secondary N) is 2. The first kappa shape index (κ1) is 19.0. The number of nitrogens with zero attached hydrogens (tertiary/aromatic N) is 2. The maximum atomic E-state index is 12.1. The molecule has 0 saturated heterocycles. The molecule has 0 unspecified atom stereocenters. The van der Waals surface area contributed by atoms with Crippen LogP contribution in [0.3, 0.4) is 0 Å². The van der Waals surface area contributed by atoms with Gasteiger partial charge in [0.15, 0.2) is 5.76 Å². The molecule has 3 aromatic rings. The molecule has 2 heterocycles. The molecule has 0 fully saturated rings. The quantitative estimate of drug-likeness (QED) is 0.575. The second-order valence-electron chi connectivity index (χ2n) is 5.53.